The van der Waals surface area contributed by atoms with Gasteiger partial charge in [-0.15, -0.1) is 0 Å². The lowest BCUT2D eigenvalue weighted by molar-refractivity contribution is 0.236. The van der Waals surface area contributed by atoms with Gasteiger partial charge < -0.3 is 23.7 Å². The maximum Gasteiger partial charge on any atom is 0.227 e. The van der Waals surface area contributed by atoms with E-state index < -0.39 is 0 Å². The molecule has 0 aliphatic rings. The summed E-state index contributed by atoms with van der Waals surface area (Å²) in [6.07, 6.45) is 1.19. The van der Waals surface area contributed by atoms with Crippen LogP contribution in [0.2, 0.25) is 0 Å². The maximum absolute atomic E-state index is 11.7. The molecule has 1 heterocycles. The molecule has 0 atom stereocenters. The summed E-state index contributed by atoms with van der Waals surface area (Å²) in [6, 6.07) is 6.53. The normalized spacial score (nSPS) is 10.2. The highest BCUT2D eigenvalue weighted by Gasteiger charge is 2.07. The van der Waals surface area contributed by atoms with Gasteiger partial charge in [-0.2, -0.15) is 0 Å². The van der Waals surface area contributed by atoms with Crippen molar-refractivity contribution in [1.82, 2.24) is 0 Å². The van der Waals surface area contributed by atoms with Gasteiger partial charge in [0.2, 0.25) is 11.2 Å². The standard InChI is InChI=1S/C15H16O6/c1-18-13-4-3-10(5-14(13)19-2)8-21-15-9-20-11(7-16)6-12(15)17/h3-6,9,16H,7-8H2,1-2H3. The number of methoxy groups -OCH3 is 2. The molecule has 6 nitrogen and oxygen atoms in total. The predicted molar refractivity (Wildman–Crippen MR) is 74.8 cm³/mol. The van der Waals surface area contributed by atoms with E-state index in [2.05, 4.69) is 0 Å². The highest BCUT2D eigenvalue weighted by molar-refractivity contribution is 5.42. The van der Waals surface area contributed by atoms with Gasteiger partial charge in [0.05, 0.1) is 14.2 Å². The van der Waals surface area contributed by atoms with E-state index in [-0.39, 0.29) is 30.2 Å². The second-order valence-corrected chi connectivity index (χ2v) is 4.21. The molecule has 112 valence electrons. The van der Waals surface area contributed by atoms with E-state index in [1.807, 2.05) is 6.07 Å². The number of rotatable bonds is 6. The van der Waals surface area contributed by atoms with Crippen molar-refractivity contribution in [3.05, 3.63) is 52.1 Å². The van der Waals surface area contributed by atoms with E-state index in [0.29, 0.717) is 11.5 Å². The van der Waals surface area contributed by atoms with E-state index in [1.54, 1.807) is 26.4 Å². The van der Waals surface area contributed by atoms with Crippen LogP contribution in [0.25, 0.3) is 0 Å². The van der Waals surface area contributed by atoms with Gasteiger partial charge in [0.15, 0.2) is 11.5 Å². The Morgan fingerprint density at radius 2 is 1.86 bits per heavy atom. The van der Waals surface area contributed by atoms with Crippen molar-refractivity contribution in [1.29, 1.82) is 0 Å². The molecule has 0 fully saturated rings. The number of ether oxygens (including phenoxy) is 3. The molecule has 0 saturated carbocycles. The molecule has 0 aliphatic heterocycles. The van der Waals surface area contributed by atoms with Crippen LogP contribution in [0.3, 0.4) is 0 Å². The Bertz CT molecular complexity index is 661. The van der Waals surface area contributed by atoms with Gasteiger partial charge in [-0.25, -0.2) is 0 Å². The molecule has 1 aromatic carbocycles. The van der Waals surface area contributed by atoms with Crippen molar-refractivity contribution in [2.45, 2.75) is 13.2 Å². The largest absolute Gasteiger partial charge is 0.493 e. The van der Waals surface area contributed by atoms with Gasteiger partial charge in [0.1, 0.15) is 25.2 Å². The summed E-state index contributed by atoms with van der Waals surface area (Å²) in [5, 5.41) is 8.87. The minimum Gasteiger partial charge on any atom is -0.493 e. The third kappa shape index (κ3) is 3.55. The minimum atomic E-state index is -0.342. The molecule has 1 N–H and O–H groups in total. The number of hydrogen-bond acceptors (Lipinski definition) is 6. The number of aliphatic hydroxyl groups is 1. The molecule has 0 aliphatic carbocycles. The molecule has 0 bridgehead atoms. The quantitative estimate of drug-likeness (QED) is 0.873. The Morgan fingerprint density at radius 3 is 2.48 bits per heavy atom. The highest BCUT2D eigenvalue weighted by atomic mass is 16.5. The summed E-state index contributed by atoms with van der Waals surface area (Å²) in [5.74, 6) is 1.48. The van der Waals surface area contributed by atoms with Gasteiger partial charge in [-0.05, 0) is 17.7 Å². The average Bonchev–Trinajstić information content (AvgIpc) is 2.53. The zero-order valence-electron chi connectivity index (χ0n) is 11.8. The predicted octanol–water partition coefficient (Wildman–Crippen LogP) is 1.73. The number of hydrogen-bond donors (Lipinski definition) is 1. The lowest BCUT2D eigenvalue weighted by Crippen LogP contribution is -2.08. The molecule has 2 rings (SSSR count). The summed E-state index contributed by atoms with van der Waals surface area (Å²) in [7, 11) is 3.10. The third-order valence-electron chi connectivity index (χ3n) is 2.85. The number of aliphatic hydroxyl groups excluding tert-OH is 1. The molecule has 0 spiro atoms. The van der Waals surface area contributed by atoms with E-state index in [4.69, 9.17) is 23.7 Å². The van der Waals surface area contributed by atoms with Crippen LogP contribution in [0.5, 0.6) is 17.2 Å². The molecule has 2 aromatic rings. The Hall–Kier alpha value is -2.47. The molecule has 1 aromatic heterocycles. The lowest BCUT2D eigenvalue weighted by atomic mass is 10.2. The van der Waals surface area contributed by atoms with Gasteiger partial charge in [-0.1, -0.05) is 6.07 Å². The summed E-state index contributed by atoms with van der Waals surface area (Å²) >= 11 is 0. The van der Waals surface area contributed by atoms with Crippen LogP contribution in [0.4, 0.5) is 0 Å². The van der Waals surface area contributed by atoms with E-state index in [0.717, 1.165) is 5.56 Å². The van der Waals surface area contributed by atoms with Gasteiger partial charge in [0, 0.05) is 6.07 Å². The van der Waals surface area contributed by atoms with Crippen molar-refractivity contribution in [2.24, 2.45) is 0 Å². The average molecular weight is 292 g/mol. The van der Waals surface area contributed by atoms with E-state index >= 15 is 0 Å². The van der Waals surface area contributed by atoms with Crippen LogP contribution >= 0.6 is 0 Å². The van der Waals surface area contributed by atoms with Crippen LogP contribution in [0.15, 0.2) is 39.7 Å². The SMILES string of the molecule is COc1ccc(COc2coc(CO)cc2=O)cc1OC. The van der Waals surface area contributed by atoms with E-state index in [9.17, 15) is 4.79 Å². The monoisotopic (exact) mass is 292 g/mol. The van der Waals surface area contributed by atoms with Crippen LogP contribution in [0.1, 0.15) is 11.3 Å². The summed E-state index contributed by atoms with van der Waals surface area (Å²) < 4.78 is 20.8. The van der Waals surface area contributed by atoms with Crippen molar-refractivity contribution in [3.8, 4) is 17.2 Å². The lowest BCUT2D eigenvalue weighted by Gasteiger charge is -2.10. The Balaban J connectivity index is 2.11. The molecular formula is C15H16O6. The second kappa shape index (κ2) is 6.81. The molecular weight excluding hydrogens is 276 g/mol. The first kappa shape index (κ1) is 14.9. The molecule has 0 radical (unpaired) electrons. The topological polar surface area (TPSA) is 78.1 Å². The minimum absolute atomic E-state index is 0.0852. The molecule has 0 saturated heterocycles. The van der Waals surface area contributed by atoms with Gasteiger partial charge >= 0.3 is 0 Å². The molecule has 0 amide bonds. The van der Waals surface area contributed by atoms with Crippen molar-refractivity contribution in [2.75, 3.05) is 14.2 Å². The molecule has 0 unspecified atom stereocenters. The highest BCUT2D eigenvalue weighted by Crippen LogP contribution is 2.27. The first-order valence-electron chi connectivity index (χ1n) is 6.24. The van der Waals surface area contributed by atoms with Crippen molar-refractivity contribution >= 4 is 0 Å². The van der Waals surface area contributed by atoms with Crippen molar-refractivity contribution in [3.63, 3.8) is 0 Å². The van der Waals surface area contributed by atoms with Crippen LogP contribution in [-0.4, -0.2) is 19.3 Å². The van der Waals surface area contributed by atoms with Crippen LogP contribution in [-0.2, 0) is 13.2 Å². The smallest absolute Gasteiger partial charge is 0.227 e. The first-order valence-corrected chi connectivity index (χ1v) is 6.24. The Labute approximate surface area is 121 Å². The first-order chi connectivity index (χ1) is 10.2. The fraction of sp³-hybridized carbons (Fsp3) is 0.267. The Kier molecular flexibility index (Phi) is 4.84. The Morgan fingerprint density at radius 1 is 1.10 bits per heavy atom. The zero-order chi connectivity index (χ0) is 15.2. The fourth-order valence-electron chi connectivity index (χ4n) is 1.76. The second-order valence-electron chi connectivity index (χ2n) is 4.21. The van der Waals surface area contributed by atoms with Gasteiger partial charge in [-0.3, -0.25) is 4.79 Å². The summed E-state index contributed by atoms with van der Waals surface area (Å²) in [4.78, 5) is 11.7. The van der Waals surface area contributed by atoms with Crippen LogP contribution in [0, 0.1) is 0 Å². The summed E-state index contributed by atoms with van der Waals surface area (Å²) in [6.45, 7) is -0.144. The molecule has 6 heteroatoms. The fourth-order valence-corrected chi connectivity index (χ4v) is 1.76. The van der Waals surface area contributed by atoms with E-state index in [1.165, 1.54) is 12.3 Å². The molecule has 21 heavy (non-hydrogen) atoms. The summed E-state index contributed by atoms with van der Waals surface area (Å²) in [5.41, 5.74) is 0.476. The van der Waals surface area contributed by atoms with Gasteiger partial charge in [0.25, 0.3) is 0 Å². The third-order valence-corrected chi connectivity index (χ3v) is 2.85. The van der Waals surface area contributed by atoms with Crippen LogP contribution < -0.4 is 19.6 Å². The maximum atomic E-state index is 11.7. The zero-order valence-corrected chi connectivity index (χ0v) is 11.8. The number of benzene rings is 1. The van der Waals surface area contributed by atoms with Crippen molar-refractivity contribution < 1.29 is 23.7 Å².